The summed E-state index contributed by atoms with van der Waals surface area (Å²) in [6.45, 7) is 2.64. The Morgan fingerprint density at radius 2 is 1.61 bits per heavy atom. The SMILES string of the molecule is O=C([C@@H]1CC(=O)N(c2ccccc2Br)C1)N1CCN(c2ccccc2F)CC1. The number of rotatable bonds is 3. The highest BCUT2D eigenvalue weighted by Gasteiger charge is 2.38. The standard InChI is InChI=1S/C21H21BrFN3O2/c22-16-5-1-3-7-18(16)26-14-15(13-20(26)27)21(28)25-11-9-24(10-12-25)19-8-4-2-6-17(19)23/h1-8,15H,9-14H2/t15-/m1/s1. The summed E-state index contributed by atoms with van der Waals surface area (Å²) < 4.78 is 14.8. The Kier molecular flexibility index (Phi) is 5.35. The summed E-state index contributed by atoms with van der Waals surface area (Å²) in [6.07, 6.45) is 0.230. The van der Waals surface area contributed by atoms with E-state index in [9.17, 15) is 14.0 Å². The van der Waals surface area contributed by atoms with Crippen LogP contribution in [-0.2, 0) is 9.59 Å². The molecule has 2 heterocycles. The monoisotopic (exact) mass is 445 g/mol. The molecule has 0 radical (unpaired) electrons. The lowest BCUT2D eigenvalue weighted by Gasteiger charge is -2.37. The van der Waals surface area contributed by atoms with E-state index in [0.717, 1.165) is 10.2 Å². The predicted molar refractivity (Wildman–Crippen MR) is 110 cm³/mol. The molecule has 7 heteroatoms. The van der Waals surface area contributed by atoms with E-state index in [2.05, 4.69) is 15.9 Å². The van der Waals surface area contributed by atoms with E-state index < -0.39 is 0 Å². The second-order valence-electron chi connectivity index (χ2n) is 7.12. The summed E-state index contributed by atoms with van der Waals surface area (Å²) in [5, 5.41) is 0. The molecule has 1 atom stereocenters. The lowest BCUT2D eigenvalue weighted by molar-refractivity contribution is -0.136. The molecule has 0 aliphatic carbocycles. The van der Waals surface area contributed by atoms with Crippen molar-refractivity contribution < 1.29 is 14.0 Å². The lowest BCUT2D eigenvalue weighted by Crippen LogP contribution is -2.51. The van der Waals surface area contributed by atoms with Gasteiger partial charge in [0.15, 0.2) is 0 Å². The minimum absolute atomic E-state index is 0.0103. The molecule has 0 saturated carbocycles. The molecule has 2 aliphatic heterocycles. The molecule has 0 aromatic heterocycles. The van der Waals surface area contributed by atoms with Crippen LogP contribution in [0.4, 0.5) is 15.8 Å². The molecule has 28 heavy (non-hydrogen) atoms. The number of piperazine rings is 1. The van der Waals surface area contributed by atoms with Crippen LogP contribution >= 0.6 is 15.9 Å². The number of amides is 2. The highest BCUT2D eigenvalue weighted by Crippen LogP contribution is 2.32. The van der Waals surface area contributed by atoms with Gasteiger partial charge >= 0.3 is 0 Å². The molecule has 2 saturated heterocycles. The summed E-state index contributed by atoms with van der Waals surface area (Å²) in [5.74, 6) is -0.598. The molecule has 0 N–H and O–H groups in total. The smallest absolute Gasteiger partial charge is 0.228 e. The van der Waals surface area contributed by atoms with Crippen LogP contribution in [0.1, 0.15) is 6.42 Å². The Morgan fingerprint density at radius 3 is 2.29 bits per heavy atom. The molecule has 5 nitrogen and oxygen atoms in total. The number of anilines is 2. The van der Waals surface area contributed by atoms with E-state index in [4.69, 9.17) is 0 Å². The molecule has 146 valence electrons. The van der Waals surface area contributed by atoms with Gasteiger partial charge in [-0.05, 0) is 40.2 Å². The third-order valence-corrected chi connectivity index (χ3v) is 6.07. The van der Waals surface area contributed by atoms with Crippen LogP contribution < -0.4 is 9.80 Å². The number of hydrogen-bond acceptors (Lipinski definition) is 3. The zero-order chi connectivity index (χ0) is 19.7. The molecule has 2 aromatic rings. The fourth-order valence-corrected chi connectivity index (χ4v) is 4.41. The second kappa shape index (κ2) is 7.91. The van der Waals surface area contributed by atoms with Crippen molar-refractivity contribution in [3.63, 3.8) is 0 Å². The minimum Gasteiger partial charge on any atom is -0.366 e. The molecule has 4 rings (SSSR count). The van der Waals surface area contributed by atoms with Gasteiger partial charge in [0, 0.05) is 43.6 Å². The third-order valence-electron chi connectivity index (χ3n) is 5.40. The maximum atomic E-state index is 14.0. The van der Waals surface area contributed by atoms with Crippen LogP contribution in [0, 0.1) is 11.7 Å². The van der Waals surface area contributed by atoms with Crippen molar-refractivity contribution in [1.29, 1.82) is 0 Å². The van der Waals surface area contributed by atoms with Crippen LogP contribution in [0.5, 0.6) is 0 Å². The summed E-state index contributed by atoms with van der Waals surface area (Å²) in [6, 6.07) is 14.2. The number of hydrogen-bond donors (Lipinski definition) is 0. The van der Waals surface area contributed by atoms with Crippen molar-refractivity contribution in [3.05, 3.63) is 58.8 Å². The van der Waals surface area contributed by atoms with Crippen LogP contribution in [0.25, 0.3) is 0 Å². The fourth-order valence-electron chi connectivity index (χ4n) is 3.91. The van der Waals surface area contributed by atoms with Crippen LogP contribution in [-0.4, -0.2) is 49.4 Å². The first-order chi connectivity index (χ1) is 13.5. The molecule has 2 aromatic carbocycles. The summed E-state index contributed by atoms with van der Waals surface area (Å²) in [4.78, 5) is 30.9. The molecule has 2 fully saturated rings. The maximum absolute atomic E-state index is 14.0. The second-order valence-corrected chi connectivity index (χ2v) is 7.97. The molecular formula is C21H21BrFN3O2. The largest absolute Gasteiger partial charge is 0.366 e. The van der Waals surface area contributed by atoms with Gasteiger partial charge < -0.3 is 14.7 Å². The van der Waals surface area contributed by atoms with E-state index in [1.54, 1.807) is 21.9 Å². The third kappa shape index (κ3) is 3.63. The molecule has 2 amide bonds. The molecule has 0 spiro atoms. The van der Waals surface area contributed by atoms with E-state index in [1.165, 1.54) is 6.07 Å². The van der Waals surface area contributed by atoms with Gasteiger partial charge in [-0.3, -0.25) is 9.59 Å². The topological polar surface area (TPSA) is 43.9 Å². The number of carbonyl (C=O) groups is 2. The zero-order valence-corrected chi connectivity index (χ0v) is 16.9. The van der Waals surface area contributed by atoms with Gasteiger partial charge in [0.2, 0.25) is 11.8 Å². The van der Waals surface area contributed by atoms with Gasteiger partial charge in [-0.1, -0.05) is 24.3 Å². The number of nitrogens with zero attached hydrogens (tertiary/aromatic N) is 3. The first kappa shape index (κ1) is 18.9. The fraction of sp³-hybridized carbons (Fsp3) is 0.333. The Hall–Kier alpha value is -2.41. The van der Waals surface area contributed by atoms with Gasteiger partial charge in [0.1, 0.15) is 5.82 Å². The van der Waals surface area contributed by atoms with Crippen molar-refractivity contribution in [2.45, 2.75) is 6.42 Å². The first-order valence-electron chi connectivity index (χ1n) is 9.38. The Balaban J connectivity index is 1.39. The molecule has 0 bridgehead atoms. The van der Waals surface area contributed by atoms with Gasteiger partial charge in [-0.15, -0.1) is 0 Å². The molecule has 2 aliphatic rings. The lowest BCUT2D eigenvalue weighted by atomic mass is 10.1. The minimum atomic E-state index is -0.334. The Labute approximate surface area is 171 Å². The zero-order valence-electron chi connectivity index (χ0n) is 15.4. The summed E-state index contributed by atoms with van der Waals surface area (Å²) in [5.41, 5.74) is 1.37. The van der Waals surface area contributed by atoms with Crippen molar-refractivity contribution >= 4 is 39.1 Å². The Morgan fingerprint density at radius 1 is 0.964 bits per heavy atom. The van der Waals surface area contributed by atoms with Gasteiger partial charge in [0.25, 0.3) is 0 Å². The average molecular weight is 446 g/mol. The highest BCUT2D eigenvalue weighted by atomic mass is 79.9. The van der Waals surface area contributed by atoms with Crippen molar-refractivity contribution in [2.75, 3.05) is 42.5 Å². The summed E-state index contributed by atoms with van der Waals surface area (Å²) in [7, 11) is 0. The average Bonchev–Trinajstić information content (AvgIpc) is 3.10. The van der Waals surface area contributed by atoms with E-state index in [1.807, 2.05) is 35.2 Å². The van der Waals surface area contributed by atoms with Crippen molar-refractivity contribution in [1.82, 2.24) is 4.90 Å². The van der Waals surface area contributed by atoms with E-state index >= 15 is 0 Å². The normalized spacial score (nSPS) is 20.0. The van der Waals surface area contributed by atoms with Crippen molar-refractivity contribution in [3.8, 4) is 0 Å². The molecule has 0 unspecified atom stereocenters. The van der Waals surface area contributed by atoms with Gasteiger partial charge in [0.05, 0.1) is 17.3 Å². The van der Waals surface area contributed by atoms with Crippen LogP contribution in [0.3, 0.4) is 0 Å². The molecular weight excluding hydrogens is 425 g/mol. The Bertz CT molecular complexity index is 899. The number of carbonyl (C=O) groups excluding carboxylic acids is 2. The maximum Gasteiger partial charge on any atom is 0.228 e. The van der Waals surface area contributed by atoms with E-state index in [0.29, 0.717) is 38.4 Å². The van der Waals surface area contributed by atoms with Gasteiger partial charge in [-0.2, -0.15) is 0 Å². The van der Waals surface area contributed by atoms with Crippen LogP contribution in [0.15, 0.2) is 53.0 Å². The van der Waals surface area contributed by atoms with Crippen LogP contribution in [0.2, 0.25) is 0 Å². The highest BCUT2D eigenvalue weighted by molar-refractivity contribution is 9.10. The van der Waals surface area contributed by atoms with Gasteiger partial charge in [-0.25, -0.2) is 4.39 Å². The number of para-hydroxylation sites is 2. The van der Waals surface area contributed by atoms with E-state index in [-0.39, 0.29) is 30.0 Å². The summed E-state index contributed by atoms with van der Waals surface area (Å²) >= 11 is 3.48. The predicted octanol–water partition coefficient (Wildman–Crippen LogP) is 3.29. The number of halogens is 2. The van der Waals surface area contributed by atoms with Crippen molar-refractivity contribution in [2.24, 2.45) is 5.92 Å². The first-order valence-corrected chi connectivity index (χ1v) is 10.2. The number of benzene rings is 2. The quantitative estimate of drug-likeness (QED) is 0.727.